The third kappa shape index (κ3) is 4.75. The van der Waals surface area contributed by atoms with Gasteiger partial charge in [0, 0.05) is 31.1 Å². The van der Waals surface area contributed by atoms with Gasteiger partial charge in [-0.25, -0.2) is 0 Å². The van der Waals surface area contributed by atoms with Crippen LogP contribution in [-0.2, 0) is 0 Å². The Morgan fingerprint density at radius 3 is 2.79 bits per heavy atom. The number of benzene rings is 1. The predicted octanol–water partition coefficient (Wildman–Crippen LogP) is 1.69. The fourth-order valence-corrected chi connectivity index (χ4v) is 2.76. The number of carbonyl (C=O) groups excluding carboxylic acids is 1. The van der Waals surface area contributed by atoms with Crippen LogP contribution >= 0.6 is 11.6 Å². The molecule has 2 atom stereocenters. The van der Waals surface area contributed by atoms with Gasteiger partial charge in [-0.3, -0.25) is 4.79 Å². The third-order valence-electron chi connectivity index (χ3n) is 3.88. The van der Waals surface area contributed by atoms with E-state index in [1.165, 1.54) is 7.11 Å². The monoisotopic (exact) mass is 356 g/mol. The highest BCUT2D eigenvalue weighted by atomic mass is 35.5. The van der Waals surface area contributed by atoms with E-state index in [0.29, 0.717) is 54.2 Å². The van der Waals surface area contributed by atoms with Crippen LogP contribution in [0.3, 0.4) is 0 Å². The maximum absolute atomic E-state index is 12.3. The van der Waals surface area contributed by atoms with Crippen molar-refractivity contribution in [2.45, 2.75) is 20.0 Å². The smallest absolute Gasteiger partial charge is 0.251 e. The van der Waals surface area contributed by atoms with Crippen LogP contribution in [0.2, 0.25) is 5.02 Å². The molecular formula is C17H25ClN2O4. The van der Waals surface area contributed by atoms with Crippen LogP contribution in [0, 0.1) is 11.8 Å². The number of aliphatic hydroxyl groups excluding tert-OH is 1. The Morgan fingerprint density at radius 1 is 1.46 bits per heavy atom. The highest BCUT2D eigenvalue weighted by Crippen LogP contribution is 2.36. The highest BCUT2D eigenvalue weighted by molar-refractivity contribution is 6.32. The first-order valence-corrected chi connectivity index (χ1v) is 8.47. The summed E-state index contributed by atoms with van der Waals surface area (Å²) in [5, 5.41) is 16.0. The van der Waals surface area contributed by atoms with Gasteiger partial charge in [0.2, 0.25) is 0 Å². The van der Waals surface area contributed by atoms with E-state index in [1.54, 1.807) is 12.1 Å². The number of hydrogen-bond acceptors (Lipinski definition) is 5. The molecule has 1 aliphatic heterocycles. The number of nitrogens with one attached hydrogen (secondary N) is 2. The first-order chi connectivity index (χ1) is 11.4. The van der Waals surface area contributed by atoms with Crippen molar-refractivity contribution in [3.63, 3.8) is 0 Å². The number of halogens is 1. The summed E-state index contributed by atoms with van der Waals surface area (Å²) < 4.78 is 11.0. The summed E-state index contributed by atoms with van der Waals surface area (Å²) in [4.78, 5) is 12.3. The summed E-state index contributed by atoms with van der Waals surface area (Å²) in [6.45, 7) is 6.23. The molecule has 1 aromatic rings. The zero-order chi connectivity index (χ0) is 17.7. The number of hydrogen-bond donors (Lipinski definition) is 3. The molecule has 134 valence electrons. The average molecular weight is 357 g/mol. The first-order valence-electron chi connectivity index (χ1n) is 8.09. The topological polar surface area (TPSA) is 79.8 Å². The lowest BCUT2D eigenvalue weighted by molar-refractivity contribution is 0.0926. The summed E-state index contributed by atoms with van der Waals surface area (Å²) >= 11 is 6.26. The standard InChI is InChI=1S/C17H25ClN2O4/c1-10(2)9-24-16-13(18)4-11(5-15(16)23-3)17(22)20-7-12-6-19-8-14(12)21/h4-5,10,12,14,19,21H,6-9H2,1-3H3,(H,20,22). The predicted molar refractivity (Wildman–Crippen MR) is 93.0 cm³/mol. The van der Waals surface area contributed by atoms with Crippen LogP contribution in [-0.4, -0.2) is 50.5 Å². The van der Waals surface area contributed by atoms with Gasteiger partial charge in [-0.1, -0.05) is 25.4 Å². The van der Waals surface area contributed by atoms with Gasteiger partial charge in [0.15, 0.2) is 11.5 Å². The second kappa shape index (κ2) is 8.55. The fourth-order valence-electron chi connectivity index (χ4n) is 2.49. The number of aliphatic hydroxyl groups is 1. The lowest BCUT2D eigenvalue weighted by Gasteiger charge is -2.17. The molecule has 0 aromatic heterocycles. The molecule has 1 aromatic carbocycles. The maximum Gasteiger partial charge on any atom is 0.251 e. The van der Waals surface area contributed by atoms with Crippen molar-refractivity contribution >= 4 is 17.5 Å². The van der Waals surface area contributed by atoms with Gasteiger partial charge in [-0.05, 0) is 18.1 Å². The molecule has 2 unspecified atom stereocenters. The maximum atomic E-state index is 12.3. The number of amides is 1. The van der Waals surface area contributed by atoms with Crippen LogP contribution in [0.4, 0.5) is 0 Å². The summed E-state index contributed by atoms with van der Waals surface area (Å²) in [6, 6.07) is 3.18. The Balaban J connectivity index is 2.06. The normalized spacial score (nSPS) is 20.2. The summed E-state index contributed by atoms with van der Waals surface area (Å²) in [7, 11) is 1.51. The van der Waals surface area contributed by atoms with Crippen LogP contribution in [0.25, 0.3) is 0 Å². The summed E-state index contributed by atoms with van der Waals surface area (Å²) in [6.07, 6.45) is -0.435. The van der Waals surface area contributed by atoms with E-state index in [2.05, 4.69) is 10.6 Å². The minimum atomic E-state index is -0.435. The van der Waals surface area contributed by atoms with Gasteiger partial charge < -0.3 is 25.2 Å². The molecule has 0 radical (unpaired) electrons. The number of ether oxygens (including phenoxy) is 2. The van der Waals surface area contributed by atoms with Crippen molar-refractivity contribution in [1.82, 2.24) is 10.6 Å². The quantitative estimate of drug-likeness (QED) is 0.693. The van der Waals surface area contributed by atoms with Crippen LogP contribution in [0.15, 0.2) is 12.1 Å². The van der Waals surface area contributed by atoms with Gasteiger partial charge in [-0.2, -0.15) is 0 Å². The molecule has 0 spiro atoms. The Morgan fingerprint density at radius 2 is 2.21 bits per heavy atom. The SMILES string of the molecule is COc1cc(C(=O)NCC2CNCC2O)cc(Cl)c1OCC(C)C. The lowest BCUT2D eigenvalue weighted by atomic mass is 10.1. The summed E-state index contributed by atoms with van der Waals surface area (Å²) in [5.41, 5.74) is 0.397. The zero-order valence-corrected chi connectivity index (χ0v) is 15.0. The second-order valence-electron chi connectivity index (χ2n) is 6.39. The van der Waals surface area contributed by atoms with Crippen molar-refractivity contribution in [3.05, 3.63) is 22.7 Å². The largest absolute Gasteiger partial charge is 0.493 e. The first kappa shape index (κ1) is 18.8. The molecule has 1 heterocycles. The van der Waals surface area contributed by atoms with Gasteiger partial charge in [0.05, 0.1) is 24.8 Å². The molecule has 1 aliphatic rings. The van der Waals surface area contributed by atoms with E-state index < -0.39 is 6.10 Å². The molecule has 1 saturated heterocycles. The third-order valence-corrected chi connectivity index (χ3v) is 4.16. The van der Waals surface area contributed by atoms with Crippen molar-refractivity contribution in [3.8, 4) is 11.5 Å². The fraction of sp³-hybridized carbons (Fsp3) is 0.588. The minimum Gasteiger partial charge on any atom is -0.493 e. The molecule has 0 saturated carbocycles. The Kier molecular flexibility index (Phi) is 6.71. The average Bonchev–Trinajstić information content (AvgIpc) is 2.95. The molecule has 1 fully saturated rings. The van der Waals surface area contributed by atoms with Gasteiger partial charge >= 0.3 is 0 Å². The lowest BCUT2D eigenvalue weighted by Crippen LogP contribution is -2.34. The van der Waals surface area contributed by atoms with Gasteiger partial charge in [-0.15, -0.1) is 0 Å². The summed E-state index contributed by atoms with van der Waals surface area (Å²) in [5.74, 6) is 0.973. The number of β-amino-alcohol motifs (C(OH)–C–C–N with tert-alkyl or cyclic N) is 1. The molecule has 0 bridgehead atoms. The Labute approximate surface area is 147 Å². The second-order valence-corrected chi connectivity index (χ2v) is 6.80. The number of carbonyl (C=O) groups is 1. The molecule has 2 rings (SSSR count). The van der Waals surface area contributed by atoms with E-state index in [-0.39, 0.29) is 11.8 Å². The Bertz CT molecular complexity index is 580. The molecule has 24 heavy (non-hydrogen) atoms. The van der Waals surface area contributed by atoms with E-state index in [0.717, 1.165) is 0 Å². The van der Waals surface area contributed by atoms with E-state index in [4.69, 9.17) is 21.1 Å². The van der Waals surface area contributed by atoms with Crippen molar-refractivity contribution < 1.29 is 19.4 Å². The van der Waals surface area contributed by atoms with Crippen LogP contribution in [0.1, 0.15) is 24.2 Å². The van der Waals surface area contributed by atoms with Crippen molar-refractivity contribution in [1.29, 1.82) is 0 Å². The van der Waals surface area contributed by atoms with Gasteiger partial charge in [0.25, 0.3) is 5.91 Å². The van der Waals surface area contributed by atoms with Crippen LogP contribution < -0.4 is 20.1 Å². The molecule has 3 N–H and O–H groups in total. The molecule has 1 amide bonds. The number of rotatable bonds is 7. The molecule has 6 nitrogen and oxygen atoms in total. The van der Waals surface area contributed by atoms with E-state index >= 15 is 0 Å². The van der Waals surface area contributed by atoms with Crippen molar-refractivity contribution in [2.75, 3.05) is 33.4 Å². The minimum absolute atomic E-state index is 0.0139. The van der Waals surface area contributed by atoms with E-state index in [1.807, 2.05) is 13.8 Å². The molecular weight excluding hydrogens is 332 g/mol. The Hall–Kier alpha value is -1.50. The molecule has 0 aliphatic carbocycles. The van der Waals surface area contributed by atoms with Crippen molar-refractivity contribution in [2.24, 2.45) is 11.8 Å². The zero-order valence-electron chi connectivity index (χ0n) is 14.3. The number of methoxy groups -OCH3 is 1. The van der Waals surface area contributed by atoms with E-state index in [9.17, 15) is 9.90 Å². The van der Waals surface area contributed by atoms with Crippen LogP contribution in [0.5, 0.6) is 11.5 Å². The molecule has 7 heteroatoms. The van der Waals surface area contributed by atoms with Gasteiger partial charge in [0.1, 0.15) is 0 Å². The highest BCUT2D eigenvalue weighted by Gasteiger charge is 2.25.